The van der Waals surface area contributed by atoms with Gasteiger partial charge in [-0.25, -0.2) is 4.98 Å². The zero-order valence-electron chi connectivity index (χ0n) is 19.9. The van der Waals surface area contributed by atoms with Crippen LogP contribution in [-0.2, 0) is 28.9 Å². The first-order chi connectivity index (χ1) is 17.0. The van der Waals surface area contributed by atoms with Crippen LogP contribution in [0.25, 0.3) is 11.0 Å². The smallest absolute Gasteiger partial charge is 0.253 e. The van der Waals surface area contributed by atoms with Crippen molar-refractivity contribution in [3.63, 3.8) is 0 Å². The number of aromatic nitrogens is 3. The van der Waals surface area contributed by atoms with Crippen LogP contribution in [0.2, 0.25) is 0 Å². The Bertz CT molecular complexity index is 1290. The number of carbonyl (C=O) groups excluding carboxylic acids is 2. The summed E-state index contributed by atoms with van der Waals surface area (Å²) >= 11 is 0. The Hall–Kier alpha value is -4.04. The van der Waals surface area contributed by atoms with E-state index in [-0.39, 0.29) is 24.5 Å². The summed E-state index contributed by atoms with van der Waals surface area (Å²) in [6.45, 7) is 2.55. The summed E-state index contributed by atoms with van der Waals surface area (Å²) in [6, 6.07) is 17.4. The Morgan fingerprint density at radius 3 is 2.63 bits per heavy atom. The van der Waals surface area contributed by atoms with Gasteiger partial charge in [0.2, 0.25) is 5.91 Å². The molecule has 0 radical (unpaired) electrons. The fourth-order valence-electron chi connectivity index (χ4n) is 4.07. The summed E-state index contributed by atoms with van der Waals surface area (Å²) in [4.78, 5) is 34.2. The number of rotatable bonds is 10. The molecule has 0 aliphatic rings. The molecule has 2 aromatic carbocycles. The molecule has 2 aromatic heterocycles. The molecule has 0 aliphatic carbocycles. The fourth-order valence-corrected chi connectivity index (χ4v) is 4.07. The Kier molecular flexibility index (Phi) is 7.84. The number of aryl methyl sites for hydroxylation is 2. The van der Waals surface area contributed by atoms with Gasteiger partial charge in [-0.15, -0.1) is 0 Å². The van der Waals surface area contributed by atoms with Gasteiger partial charge in [-0.3, -0.25) is 14.6 Å². The van der Waals surface area contributed by atoms with E-state index >= 15 is 0 Å². The van der Waals surface area contributed by atoms with Crippen molar-refractivity contribution >= 4 is 28.5 Å². The second kappa shape index (κ2) is 11.4. The van der Waals surface area contributed by atoms with Gasteiger partial charge in [0.05, 0.1) is 22.9 Å². The number of fused-ring (bicyclic) bond motifs is 1. The molecule has 0 saturated heterocycles. The van der Waals surface area contributed by atoms with Crippen LogP contribution in [0.1, 0.15) is 28.4 Å². The van der Waals surface area contributed by atoms with Crippen molar-refractivity contribution in [1.82, 2.24) is 19.9 Å². The van der Waals surface area contributed by atoms with Crippen molar-refractivity contribution < 1.29 is 14.3 Å². The number of hydrogen-bond acceptors (Lipinski definition) is 5. The van der Waals surface area contributed by atoms with Gasteiger partial charge in [0.25, 0.3) is 5.91 Å². The van der Waals surface area contributed by atoms with Crippen molar-refractivity contribution in [2.75, 3.05) is 19.0 Å². The topological polar surface area (TPSA) is 98.1 Å². The molecular formula is C27H29N5O3. The number of methoxy groups -OCH3 is 1. The third-order valence-corrected chi connectivity index (χ3v) is 5.64. The van der Waals surface area contributed by atoms with Crippen LogP contribution in [0.15, 0.2) is 73.3 Å². The maximum Gasteiger partial charge on any atom is 0.253 e. The molecule has 0 saturated carbocycles. The second-order valence-electron chi connectivity index (χ2n) is 8.49. The number of benzene rings is 2. The van der Waals surface area contributed by atoms with Crippen molar-refractivity contribution in [3.05, 3.63) is 90.0 Å². The van der Waals surface area contributed by atoms with Gasteiger partial charge in [0, 0.05) is 37.8 Å². The molecule has 2 N–H and O–H groups in total. The molecule has 4 aromatic rings. The lowest BCUT2D eigenvalue weighted by Gasteiger charge is -2.16. The van der Waals surface area contributed by atoms with Crippen LogP contribution in [0.3, 0.4) is 0 Å². The molecule has 35 heavy (non-hydrogen) atoms. The van der Waals surface area contributed by atoms with E-state index in [2.05, 4.69) is 32.7 Å². The lowest BCUT2D eigenvalue weighted by molar-refractivity contribution is -0.119. The van der Waals surface area contributed by atoms with E-state index < -0.39 is 0 Å². The SMILES string of the molecule is COCC(=O)Nc1cc(C(=O)N[C@H](C)Cc2cccnc2)c2c(c1)ncn2CCc1ccccc1. The largest absolute Gasteiger partial charge is 0.375 e. The standard InChI is InChI=1S/C27H29N5O3/c1-19(13-21-9-6-11-28-16-21)30-27(34)23-14-22(31-25(33)17-35-2)15-24-26(23)32(18-29-24)12-10-20-7-4-3-5-8-20/h3-9,11,14-16,18-19H,10,12-13,17H2,1-2H3,(H,30,34)(H,31,33)/t19-/m1/s1. The third-order valence-electron chi connectivity index (χ3n) is 5.64. The lowest BCUT2D eigenvalue weighted by Crippen LogP contribution is -2.34. The normalized spacial score (nSPS) is 11.8. The first-order valence-electron chi connectivity index (χ1n) is 11.5. The Balaban J connectivity index is 1.62. The van der Waals surface area contributed by atoms with Gasteiger partial charge < -0.3 is 19.9 Å². The highest BCUT2D eigenvalue weighted by Gasteiger charge is 2.19. The zero-order valence-corrected chi connectivity index (χ0v) is 19.9. The predicted octanol–water partition coefficient (Wildman–Crippen LogP) is 3.62. The highest BCUT2D eigenvalue weighted by atomic mass is 16.5. The van der Waals surface area contributed by atoms with Gasteiger partial charge >= 0.3 is 0 Å². The van der Waals surface area contributed by atoms with Crippen LogP contribution in [0, 0.1) is 0 Å². The van der Waals surface area contributed by atoms with Crippen molar-refractivity contribution in [1.29, 1.82) is 0 Å². The van der Waals surface area contributed by atoms with Gasteiger partial charge in [-0.05, 0) is 49.1 Å². The molecule has 0 spiro atoms. The number of hydrogen-bond donors (Lipinski definition) is 2. The molecule has 8 heteroatoms. The number of imidazole rings is 1. The number of anilines is 1. The van der Waals surface area contributed by atoms with E-state index in [1.54, 1.807) is 30.9 Å². The van der Waals surface area contributed by atoms with E-state index in [0.717, 1.165) is 17.5 Å². The van der Waals surface area contributed by atoms with Gasteiger partial charge in [0.1, 0.15) is 6.61 Å². The number of nitrogens with one attached hydrogen (secondary N) is 2. The summed E-state index contributed by atoms with van der Waals surface area (Å²) in [6.07, 6.45) is 6.72. The molecule has 0 unspecified atom stereocenters. The minimum Gasteiger partial charge on any atom is -0.375 e. The first kappa shape index (κ1) is 24.1. The molecule has 180 valence electrons. The van der Waals surface area contributed by atoms with Crippen LogP contribution < -0.4 is 10.6 Å². The first-order valence-corrected chi connectivity index (χ1v) is 11.5. The van der Waals surface area contributed by atoms with E-state index in [0.29, 0.717) is 29.7 Å². The summed E-state index contributed by atoms with van der Waals surface area (Å²) in [5.41, 5.74) is 4.57. The number of carbonyl (C=O) groups is 2. The van der Waals surface area contributed by atoms with Crippen molar-refractivity contribution in [2.45, 2.75) is 32.4 Å². The molecule has 1 atom stereocenters. The summed E-state index contributed by atoms with van der Waals surface area (Å²) < 4.78 is 6.90. The molecule has 0 fully saturated rings. The monoisotopic (exact) mass is 471 g/mol. The lowest BCUT2D eigenvalue weighted by atomic mass is 10.1. The van der Waals surface area contributed by atoms with Crippen molar-refractivity contribution in [2.24, 2.45) is 0 Å². The predicted molar refractivity (Wildman–Crippen MR) is 135 cm³/mol. The Labute approximate surface area is 204 Å². The summed E-state index contributed by atoms with van der Waals surface area (Å²) in [5, 5.41) is 5.88. The van der Waals surface area contributed by atoms with E-state index in [1.807, 2.05) is 41.8 Å². The van der Waals surface area contributed by atoms with Crippen LogP contribution in [-0.4, -0.2) is 46.1 Å². The second-order valence-corrected chi connectivity index (χ2v) is 8.49. The molecule has 4 rings (SSSR count). The minimum atomic E-state index is -0.299. The molecule has 2 amide bonds. The molecular weight excluding hydrogens is 442 g/mol. The number of nitrogens with zero attached hydrogens (tertiary/aromatic N) is 3. The number of amides is 2. The Morgan fingerprint density at radius 2 is 1.89 bits per heavy atom. The molecule has 0 bridgehead atoms. The molecule has 8 nitrogen and oxygen atoms in total. The minimum absolute atomic E-state index is 0.0762. The fraction of sp³-hybridized carbons (Fsp3) is 0.259. The maximum absolute atomic E-state index is 13.4. The van der Waals surface area contributed by atoms with E-state index in [9.17, 15) is 9.59 Å². The maximum atomic E-state index is 13.4. The van der Waals surface area contributed by atoms with E-state index in [4.69, 9.17) is 4.74 Å². The quantitative estimate of drug-likeness (QED) is 0.368. The highest BCUT2D eigenvalue weighted by Crippen LogP contribution is 2.24. The van der Waals surface area contributed by atoms with Crippen LogP contribution >= 0.6 is 0 Å². The van der Waals surface area contributed by atoms with E-state index in [1.165, 1.54) is 12.7 Å². The van der Waals surface area contributed by atoms with Crippen molar-refractivity contribution in [3.8, 4) is 0 Å². The highest BCUT2D eigenvalue weighted by molar-refractivity contribution is 6.07. The van der Waals surface area contributed by atoms with Crippen LogP contribution in [0.5, 0.6) is 0 Å². The van der Waals surface area contributed by atoms with Crippen LogP contribution in [0.4, 0.5) is 5.69 Å². The average Bonchev–Trinajstić information content (AvgIpc) is 3.26. The molecule has 0 aliphatic heterocycles. The third kappa shape index (κ3) is 6.30. The Morgan fingerprint density at radius 1 is 1.09 bits per heavy atom. The summed E-state index contributed by atoms with van der Waals surface area (Å²) in [7, 11) is 1.46. The van der Waals surface area contributed by atoms with Gasteiger partial charge in [-0.1, -0.05) is 36.4 Å². The number of pyridine rings is 1. The number of ether oxygens (including phenoxy) is 1. The van der Waals surface area contributed by atoms with Gasteiger partial charge in [-0.2, -0.15) is 0 Å². The average molecular weight is 472 g/mol. The van der Waals surface area contributed by atoms with Gasteiger partial charge in [0.15, 0.2) is 0 Å². The molecule has 2 heterocycles. The zero-order chi connectivity index (χ0) is 24.6. The summed E-state index contributed by atoms with van der Waals surface area (Å²) in [5.74, 6) is -0.526.